The standard InChI is InChI=1S/C14H11ClF2OS/c15-11-4-2-1-3-10(11)8-19-14-12(16)5-9(7-18)6-13(14)17/h1-6,18H,7-8H2. The second-order valence-electron chi connectivity index (χ2n) is 3.93. The molecule has 2 aromatic rings. The van der Waals surface area contributed by atoms with Crippen molar-refractivity contribution in [3.05, 3.63) is 64.2 Å². The molecule has 2 rings (SSSR count). The lowest BCUT2D eigenvalue weighted by atomic mass is 10.2. The number of thioether (sulfide) groups is 1. The Labute approximate surface area is 119 Å². The van der Waals surface area contributed by atoms with Crippen LogP contribution in [0.4, 0.5) is 8.78 Å². The van der Waals surface area contributed by atoms with E-state index in [0.717, 1.165) is 29.5 Å². The van der Waals surface area contributed by atoms with Crippen LogP contribution in [0.15, 0.2) is 41.3 Å². The van der Waals surface area contributed by atoms with Crippen LogP contribution < -0.4 is 0 Å². The van der Waals surface area contributed by atoms with Crippen LogP contribution in [0.2, 0.25) is 5.02 Å². The first-order chi connectivity index (χ1) is 9.11. The molecule has 19 heavy (non-hydrogen) atoms. The van der Waals surface area contributed by atoms with Crippen LogP contribution in [0, 0.1) is 11.6 Å². The maximum absolute atomic E-state index is 13.7. The lowest BCUT2D eigenvalue weighted by Gasteiger charge is -2.08. The van der Waals surface area contributed by atoms with Crippen LogP contribution >= 0.6 is 23.4 Å². The molecule has 0 radical (unpaired) electrons. The fourth-order valence-electron chi connectivity index (χ4n) is 1.61. The average Bonchev–Trinajstić information content (AvgIpc) is 2.39. The highest BCUT2D eigenvalue weighted by Crippen LogP contribution is 2.31. The number of benzene rings is 2. The summed E-state index contributed by atoms with van der Waals surface area (Å²) in [5.74, 6) is -0.950. The molecule has 0 heterocycles. The van der Waals surface area contributed by atoms with Gasteiger partial charge < -0.3 is 5.11 Å². The van der Waals surface area contributed by atoms with Gasteiger partial charge in [0.15, 0.2) is 0 Å². The number of hydrogen-bond donors (Lipinski definition) is 1. The van der Waals surface area contributed by atoms with Gasteiger partial charge in [-0.1, -0.05) is 29.8 Å². The topological polar surface area (TPSA) is 20.2 Å². The molecule has 0 amide bonds. The first kappa shape index (κ1) is 14.3. The monoisotopic (exact) mass is 300 g/mol. The van der Waals surface area contributed by atoms with Gasteiger partial charge in [0.2, 0.25) is 0 Å². The Morgan fingerprint density at radius 2 is 1.74 bits per heavy atom. The largest absolute Gasteiger partial charge is 0.392 e. The summed E-state index contributed by atoms with van der Waals surface area (Å²) in [7, 11) is 0. The number of aliphatic hydroxyl groups excluding tert-OH is 1. The van der Waals surface area contributed by atoms with Gasteiger partial charge >= 0.3 is 0 Å². The molecule has 0 bridgehead atoms. The van der Waals surface area contributed by atoms with Crippen LogP contribution in [-0.2, 0) is 12.4 Å². The zero-order valence-electron chi connectivity index (χ0n) is 9.87. The number of aliphatic hydroxyl groups is 1. The number of halogens is 3. The van der Waals surface area contributed by atoms with Crippen LogP contribution in [0.3, 0.4) is 0 Å². The highest BCUT2D eigenvalue weighted by molar-refractivity contribution is 7.98. The van der Waals surface area contributed by atoms with Crippen molar-refractivity contribution in [1.82, 2.24) is 0 Å². The molecule has 100 valence electrons. The van der Waals surface area contributed by atoms with Gasteiger partial charge in [0.1, 0.15) is 11.6 Å². The Balaban J connectivity index is 2.18. The highest BCUT2D eigenvalue weighted by atomic mass is 35.5. The molecule has 0 aliphatic rings. The number of hydrogen-bond acceptors (Lipinski definition) is 2. The molecule has 0 spiro atoms. The summed E-state index contributed by atoms with van der Waals surface area (Å²) in [6, 6.07) is 9.44. The minimum absolute atomic E-state index is 0.0582. The zero-order valence-corrected chi connectivity index (χ0v) is 11.4. The van der Waals surface area contributed by atoms with E-state index in [9.17, 15) is 8.78 Å². The quantitative estimate of drug-likeness (QED) is 0.844. The third-order valence-electron chi connectivity index (χ3n) is 2.57. The average molecular weight is 301 g/mol. The van der Waals surface area contributed by atoms with E-state index in [1.165, 1.54) is 0 Å². The van der Waals surface area contributed by atoms with Crippen molar-refractivity contribution in [3.8, 4) is 0 Å². The smallest absolute Gasteiger partial charge is 0.140 e. The molecule has 5 heteroatoms. The summed E-state index contributed by atoms with van der Waals surface area (Å²) in [6.07, 6.45) is 0. The Hall–Kier alpha value is -1.10. The lowest BCUT2D eigenvalue weighted by Crippen LogP contribution is -1.94. The van der Waals surface area contributed by atoms with Gasteiger partial charge in [0.05, 0.1) is 11.5 Å². The van der Waals surface area contributed by atoms with E-state index in [2.05, 4.69) is 0 Å². The third-order valence-corrected chi connectivity index (χ3v) is 4.07. The molecule has 0 unspecified atom stereocenters. The van der Waals surface area contributed by atoms with Crippen LogP contribution in [0.25, 0.3) is 0 Å². The Morgan fingerprint density at radius 1 is 1.11 bits per heavy atom. The predicted molar refractivity (Wildman–Crippen MR) is 73.3 cm³/mol. The van der Waals surface area contributed by atoms with Crippen molar-refractivity contribution in [1.29, 1.82) is 0 Å². The predicted octanol–water partition coefficient (Wildman–Crippen LogP) is 4.40. The van der Waals surface area contributed by atoms with Crippen molar-refractivity contribution in [2.75, 3.05) is 0 Å². The summed E-state index contributed by atoms with van der Waals surface area (Å²) in [4.78, 5) is -0.0582. The molecular weight excluding hydrogens is 290 g/mol. The molecule has 1 nitrogen and oxygen atoms in total. The van der Waals surface area contributed by atoms with Crippen LogP contribution in [-0.4, -0.2) is 5.11 Å². The molecule has 1 N–H and O–H groups in total. The van der Waals surface area contributed by atoms with Gasteiger partial charge in [0.25, 0.3) is 0 Å². The van der Waals surface area contributed by atoms with Crippen LogP contribution in [0.5, 0.6) is 0 Å². The van der Waals surface area contributed by atoms with Crippen molar-refractivity contribution >= 4 is 23.4 Å². The summed E-state index contributed by atoms with van der Waals surface area (Å²) >= 11 is 7.03. The lowest BCUT2D eigenvalue weighted by molar-refractivity contribution is 0.280. The normalized spacial score (nSPS) is 10.7. The minimum atomic E-state index is -0.666. The number of rotatable bonds is 4. The SMILES string of the molecule is OCc1cc(F)c(SCc2ccccc2Cl)c(F)c1. The fraction of sp³-hybridized carbons (Fsp3) is 0.143. The molecule has 0 fully saturated rings. The van der Waals surface area contributed by atoms with Gasteiger partial charge in [-0.05, 0) is 29.3 Å². The van der Waals surface area contributed by atoms with E-state index < -0.39 is 11.6 Å². The Bertz CT molecular complexity index is 566. The Kier molecular flexibility index (Phi) is 4.80. The summed E-state index contributed by atoms with van der Waals surface area (Å²) in [6.45, 7) is -0.386. The van der Waals surface area contributed by atoms with E-state index in [0.29, 0.717) is 10.8 Å². The molecular formula is C14H11ClF2OS. The molecule has 0 saturated heterocycles. The highest BCUT2D eigenvalue weighted by Gasteiger charge is 2.12. The van der Waals surface area contributed by atoms with Crippen molar-refractivity contribution in [3.63, 3.8) is 0 Å². The van der Waals surface area contributed by atoms with Gasteiger partial charge in [-0.3, -0.25) is 0 Å². The maximum Gasteiger partial charge on any atom is 0.140 e. The second-order valence-corrected chi connectivity index (χ2v) is 5.32. The van der Waals surface area contributed by atoms with E-state index in [4.69, 9.17) is 16.7 Å². The first-order valence-electron chi connectivity index (χ1n) is 5.57. The van der Waals surface area contributed by atoms with Crippen molar-refractivity contribution in [2.45, 2.75) is 17.3 Å². The zero-order chi connectivity index (χ0) is 13.8. The first-order valence-corrected chi connectivity index (χ1v) is 6.93. The van der Waals surface area contributed by atoms with Crippen molar-refractivity contribution in [2.24, 2.45) is 0 Å². The summed E-state index contributed by atoms with van der Waals surface area (Å²) in [5, 5.41) is 9.44. The molecule has 0 atom stereocenters. The maximum atomic E-state index is 13.7. The summed E-state index contributed by atoms with van der Waals surface area (Å²) < 4.78 is 27.4. The van der Waals surface area contributed by atoms with E-state index >= 15 is 0 Å². The third kappa shape index (κ3) is 3.47. The second kappa shape index (κ2) is 6.37. The molecule has 0 saturated carbocycles. The van der Waals surface area contributed by atoms with E-state index in [1.807, 2.05) is 12.1 Å². The van der Waals surface area contributed by atoms with E-state index in [1.54, 1.807) is 12.1 Å². The molecule has 0 aliphatic heterocycles. The fourth-order valence-corrected chi connectivity index (χ4v) is 2.83. The van der Waals surface area contributed by atoms with Crippen LogP contribution in [0.1, 0.15) is 11.1 Å². The summed E-state index contributed by atoms with van der Waals surface area (Å²) in [5.41, 5.74) is 1.04. The van der Waals surface area contributed by atoms with Gasteiger partial charge in [-0.15, -0.1) is 11.8 Å². The molecule has 0 aromatic heterocycles. The molecule has 0 aliphatic carbocycles. The van der Waals surface area contributed by atoms with Crippen molar-refractivity contribution < 1.29 is 13.9 Å². The molecule has 2 aromatic carbocycles. The van der Waals surface area contributed by atoms with E-state index in [-0.39, 0.29) is 17.1 Å². The Morgan fingerprint density at radius 3 is 2.32 bits per heavy atom. The van der Waals surface area contributed by atoms with Gasteiger partial charge in [-0.2, -0.15) is 0 Å². The van der Waals surface area contributed by atoms with Gasteiger partial charge in [0, 0.05) is 10.8 Å². The van der Waals surface area contributed by atoms with Gasteiger partial charge in [-0.25, -0.2) is 8.78 Å². The minimum Gasteiger partial charge on any atom is -0.392 e.